The summed E-state index contributed by atoms with van der Waals surface area (Å²) in [7, 11) is -8.42. The van der Waals surface area contributed by atoms with Gasteiger partial charge in [-0.1, -0.05) is 18.2 Å². The minimum absolute atomic E-state index is 0.151. The zero-order chi connectivity index (χ0) is 15.5. The number of rotatable bonds is 4. The van der Waals surface area contributed by atoms with Crippen LogP contribution in [0.3, 0.4) is 0 Å². The lowest BCUT2D eigenvalue weighted by atomic mass is 10.2. The molecule has 0 atom stereocenters. The second kappa shape index (κ2) is 5.65. The Hall–Kier alpha value is -2.21. The fraction of sp³-hybridized carbons (Fsp3) is 0. The van der Waals surface area contributed by atoms with Crippen LogP contribution in [0.5, 0.6) is 0 Å². The molecule has 2 aromatic carbocycles. The number of sulfonamides is 2. The second-order valence-electron chi connectivity index (χ2n) is 4.04. The average Bonchev–Trinajstić information content (AvgIpc) is 2.47. The fourth-order valence-electron chi connectivity index (χ4n) is 1.55. The van der Waals surface area contributed by atoms with Crippen molar-refractivity contribution in [2.24, 2.45) is 0 Å². The van der Waals surface area contributed by atoms with Gasteiger partial charge in [0.25, 0.3) is 20.0 Å². The summed E-state index contributed by atoms with van der Waals surface area (Å²) in [6.45, 7) is 0. The predicted octanol–water partition coefficient (Wildman–Crippen LogP) is 1.23. The van der Waals surface area contributed by atoms with E-state index in [4.69, 9.17) is 5.26 Å². The molecule has 0 aliphatic rings. The molecule has 0 heterocycles. The first-order valence-electron chi connectivity index (χ1n) is 5.69. The Morgan fingerprint density at radius 1 is 0.762 bits per heavy atom. The molecule has 0 fully saturated rings. The molecule has 8 heteroatoms. The van der Waals surface area contributed by atoms with Crippen LogP contribution in [0.4, 0.5) is 0 Å². The van der Waals surface area contributed by atoms with E-state index in [1.165, 1.54) is 48.5 Å². The Morgan fingerprint density at radius 2 is 1.24 bits per heavy atom. The lowest BCUT2D eigenvalue weighted by Crippen LogP contribution is -2.30. The third-order valence-corrected chi connectivity index (χ3v) is 6.11. The molecular formula is C13H10N2O4S2. The first-order chi connectivity index (χ1) is 9.85. The monoisotopic (exact) mass is 322 g/mol. The first-order valence-corrected chi connectivity index (χ1v) is 8.66. The first kappa shape index (κ1) is 15.2. The summed E-state index contributed by atoms with van der Waals surface area (Å²) >= 11 is 0. The van der Waals surface area contributed by atoms with E-state index in [0.717, 1.165) is 0 Å². The highest BCUT2D eigenvalue weighted by molar-refractivity contribution is 8.04. The van der Waals surface area contributed by atoms with Gasteiger partial charge in [0.05, 0.1) is 21.4 Å². The van der Waals surface area contributed by atoms with Crippen LogP contribution in [0, 0.1) is 11.3 Å². The van der Waals surface area contributed by atoms with E-state index >= 15 is 0 Å². The highest BCUT2D eigenvalue weighted by atomic mass is 32.3. The summed E-state index contributed by atoms with van der Waals surface area (Å²) in [4.78, 5) is -0.386. The molecule has 6 nitrogen and oxygen atoms in total. The van der Waals surface area contributed by atoms with Crippen LogP contribution in [0.2, 0.25) is 0 Å². The predicted molar refractivity (Wildman–Crippen MR) is 75.1 cm³/mol. The number of nitrogens with zero attached hydrogens (tertiary/aromatic N) is 1. The van der Waals surface area contributed by atoms with Crippen molar-refractivity contribution in [1.82, 2.24) is 4.13 Å². The van der Waals surface area contributed by atoms with Gasteiger partial charge >= 0.3 is 0 Å². The van der Waals surface area contributed by atoms with Gasteiger partial charge in [-0.15, -0.1) is 4.13 Å². The topological polar surface area (TPSA) is 104 Å². The molecule has 0 aliphatic carbocycles. The van der Waals surface area contributed by atoms with E-state index in [-0.39, 0.29) is 15.4 Å². The van der Waals surface area contributed by atoms with Crippen molar-refractivity contribution in [2.75, 3.05) is 0 Å². The number of hydrogen-bond acceptors (Lipinski definition) is 5. The van der Waals surface area contributed by atoms with E-state index in [1.807, 2.05) is 6.07 Å². The van der Waals surface area contributed by atoms with Gasteiger partial charge < -0.3 is 0 Å². The smallest absolute Gasteiger partial charge is 0.206 e. The van der Waals surface area contributed by atoms with Gasteiger partial charge in [0, 0.05) is 0 Å². The van der Waals surface area contributed by atoms with Crippen LogP contribution in [0.15, 0.2) is 64.4 Å². The molecule has 0 saturated carbocycles. The molecule has 21 heavy (non-hydrogen) atoms. The summed E-state index contributed by atoms with van der Waals surface area (Å²) in [5.74, 6) is 0. The number of hydrogen-bond donors (Lipinski definition) is 1. The summed E-state index contributed by atoms with van der Waals surface area (Å²) in [6.07, 6.45) is 0. The van der Waals surface area contributed by atoms with Gasteiger partial charge in [0.15, 0.2) is 0 Å². The van der Waals surface area contributed by atoms with Crippen molar-refractivity contribution in [3.63, 3.8) is 0 Å². The van der Waals surface area contributed by atoms with Gasteiger partial charge in [0.2, 0.25) is 0 Å². The molecular weight excluding hydrogens is 312 g/mol. The summed E-state index contributed by atoms with van der Waals surface area (Å²) in [6, 6.07) is 13.9. The molecule has 0 spiro atoms. The molecule has 0 aliphatic heterocycles. The van der Waals surface area contributed by atoms with Gasteiger partial charge in [0.1, 0.15) is 0 Å². The Bertz CT molecular complexity index is 881. The molecule has 2 aromatic rings. The zero-order valence-corrected chi connectivity index (χ0v) is 12.2. The summed E-state index contributed by atoms with van der Waals surface area (Å²) < 4.78 is 49.8. The second-order valence-corrected chi connectivity index (χ2v) is 7.66. The SMILES string of the molecule is N#Cc1ccc(S(=O)(=O)NS(=O)(=O)c2ccccc2)cc1. The number of nitriles is 1. The van der Waals surface area contributed by atoms with Crippen LogP contribution in [-0.4, -0.2) is 16.8 Å². The molecule has 0 bridgehead atoms. The van der Waals surface area contributed by atoms with Crippen molar-refractivity contribution in [2.45, 2.75) is 9.79 Å². The maximum Gasteiger partial charge on any atom is 0.253 e. The zero-order valence-electron chi connectivity index (χ0n) is 10.6. The lowest BCUT2D eigenvalue weighted by molar-refractivity contribution is 0.577. The van der Waals surface area contributed by atoms with Crippen LogP contribution < -0.4 is 4.13 Å². The van der Waals surface area contributed by atoms with Crippen molar-refractivity contribution in [3.8, 4) is 6.07 Å². The highest BCUT2D eigenvalue weighted by Gasteiger charge is 2.24. The average molecular weight is 322 g/mol. The van der Waals surface area contributed by atoms with E-state index in [0.29, 0.717) is 0 Å². The van der Waals surface area contributed by atoms with Crippen molar-refractivity contribution >= 4 is 20.0 Å². The maximum absolute atomic E-state index is 12.0. The molecule has 0 amide bonds. The third-order valence-electron chi connectivity index (χ3n) is 2.57. The molecule has 0 aromatic heterocycles. The Balaban J connectivity index is 2.35. The Morgan fingerprint density at radius 3 is 1.71 bits per heavy atom. The number of benzene rings is 2. The standard InChI is InChI=1S/C13H10N2O4S2/c14-10-11-6-8-13(9-7-11)21(18,19)15-20(16,17)12-4-2-1-3-5-12/h1-9,15H. The molecule has 0 unspecified atom stereocenters. The molecule has 108 valence electrons. The molecule has 0 radical (unpaired) electrons. The number of nitrogens with one attached hydrogen (secondary N) is 1. The largest absolute Gasteiger partial charge is 0.253 e. The van der Waals surface area contributed by atoms with Crippen molar-refractivity contribution < 1.29 is 16.8 Å². The van der Waals surface area contributed by atoms with E-state index in [9.17, 15) is 16.8 Å². The van der Waals surface area contributed by atoms with E-state index < -0.39 is 20.0 Å². The molecule has 0 saturated heterocycles. The van der Waals surface area contributed by atoms with Crippen molar-refractivity contribution in [1.29, 1.82) is 5.26 Å². The van der Waals surface area contributed by atoms with Gasteiger partial charge in [-0.05, 0) is 36.4 Å². The van der Waals surface area contributed by atoms with Gasteiger partial charge in [-0.25, -0.2) is 16.8 Å². The van der Waals surface area contributed by atoms with Gasteiger partial charge in [-0.3, -0.25) is 0 Å². The van der Waals surface area contributed by atoms with Crippen LogP contribution in [0.25, 0.3) is 0 Å². The van der Waals surface area contributed by atoms with Crippen LogP contribution >= 0.6 is 0 Å². The van der Waals surface area contributed by atoms with E-state index in [2.05, 4.69) is 0 Å². The van der Waals surface area contributed by atoms with Crippen LogP contribution in [-0.2, 0) is 20.0 Å². The highest BCUT2D eigenvalue weighted by Crippen LogP contribution is 2.14. The summed E-state index contributed by atoms with van der Waals surface area (Å²) in [5.41, 5.74) is 0.278. The normalized spacial score (nSPS) is 11.8. The van der Waals surface area contributed by atoms with Crippen molar-refractivity contribution in [3.05, 3.63) is 60.2 Å². The fourth-order valence-corrected chi connectivity index (χ4v) is 4.48. The molecule has 1 N–H and O–H groups in total. The van der Waals surface area contributed by atoms with Gasteiger partial charge in [-0.2, -0.15) is 5.26 Å². The van der Waals surface area contributed by atoms with Crippen LogP contribution in [0.1, 0.15) is 5.56 Å². The lowest BCUT2D eigenvalue weighted by Gasteiger charge is -2.07. The minimum atomic E-state index is -4.24. The van der Waals surface area contributed by atoms with E-state index in [1.54, 1.807) is 10.2 Å². The quantitative estimate of drug-likeness (QED) is 0.911. The molecule has 2 rings (SSSR count). The third kappa shape index (κ3) is 3.46. The summed E-state index contributed by atoms with van der Waals surface area (Å²) in [5, 5.41) is 8.66. The Labute approximate surface area is 122 Å². The minimum Gasteiger partial charge on any atom is -0.206 e. The maximum atomic E-state index is 12.0. The Kier molecular flexibility index (Phi) is 4.09.